The molecule has 0 unspecified atom stereocenters. The molecule has 1 aromatic heterocycles. The SMILES string of the molecule is Cc1ccccc1-c1ccc2ccoc2c1C. The zero-order valence-corrected chi connectivity index (χ0v) is 10.0. The first kappa shape index (κ1) is 10.2. The van der Waals surface area contributed by atoms with E-state index in [-0.39, 0.29) is 0 Å². The monoisotopic (exact) mass is 222 g/mol. The fourth-order valence-corrected chi connectivity index (χ4v) is 2.34. The van der Waals surface area contributed by atoms with Gasteiger partial charge in [0, 0.05) is 10.9 Å². The molecule has 3 rings (SSSR count). The van der Waals surface area contributed by atoms with Gasteiger partial charge in [0.05, 0.1) is 6.26 Å². The van der Waals surface area contributed by atoms with E-state index in [1.54, 1.807) is 6.26 Å². The van der Waals surface area contributed by atoms with Gasteiger partial charge in [0.2, 0.25) is 0 Å². The van der Waals surface area contributed by atoms with Crippen molar-refractivity contribution in [2.45, 2.75) is 13.8 Å². The van der Waals surface area contributed by atoms with E-state index in [0.29, 0.717) is 0 Å². The lowest BCUT2D eigenvalue weighted by atomic mass is 9.95. The molecule has 17 heavy (non-hydrogen) atoms. The second-order valence-corrected chi connectivity index (χ2v) is 4.39. The summed E-state index contributed by atoms with van der Waals surface area (Å²) in [6.45, 7) is 4.26. The maximum Gasteiger partial charge on any atom is 0.137 e. The molecule has 0 fully saturated rings. The zero-order chi connectivity index (χ0) is 11.8. The number of furan rings is 1. The predicted octanol–water partition coefficient (Wildman–Crippen LogP) is 4.72. The summed E-state index contributed by atoms with van der Waals surface area (Å²) >= 11 is 0. The van der Waals surface area contributed by atoms with E-state index in [4.69, 9.17) is 4.42 Å². The molecule has 0 radical (unpaired) electrons. The molecular formula is C16H14O. The van der Waals surface area contributed by atoms with Crippen LogP contribution in [0, 0.1) is 13.8 Å². The van der Waals surface area contributed by atoms with Gasteiger partial charge in [0.1, 0.15) is 5.58 Å². The van der Waals surface area contributed by atoms with E-state index in [2.05, 4.69) is 50.2 Å². The Morgan fingerprint density at radius 1 is 0.824 bits per heavy atom. The summed E-state index contributed by atoms with van der Waals surface area (Å²) in [4.78, 5) is 0. The van der Waals surface area contributed by atoms with Crippen LogP contribution >= 0.6 is 0 Å². The number of fused-ring (bicyclic) bond motifs is 1. The Bertz CT molecular complexity index is 677. The minimum atomic E-state index is 0.991. The first-order valence-electron chi connectivity index (χ1n) is 5.80. The van der Waals surface area contributed by atoms with Crippen molar-refractivity contribution in [2.75, 3.05) is 0 Å². The van der Waals surface area contributed by atoms with Gasteiger partial charge in [0.25, 0.3) is 0 Å². The van der Waals surface area contributed by atoms with Gasteiger partial charge in [-0.05, 0) is 36.6 Å². The quantitative estimate of drug-likeness (QED) is 0.580. The number of hydrogen-bond acceptors (Lipinski definition) is 1. The van der Waals surface area contributed by atoms with Gasteiger partial charge in [-0.1, -0.05) is 36.4 Å². The Hall–Kier alpha value is -2.02. The van der Waals surface area contributed by atoms with Gasteiger partial charge >= 0.3 is 0 Å². The van der Waals surface area contributed by atoms with Crippen LogP contribution in [0.5, 0.6) is 0 Å². The molecule has 1 nitrogen and oxygen atoms in total. The van der Waals surface area contributed by atoms with E-state index in [1.165, 1.54) is 27.6 Å². The van der Waals surface area contributed by atoms with E-state index in [1.807, 2.05) is 6.07 Å². The highest BCUT2D eigenvalue weighted by Crippen LogP contribution is 2.31. The van der Waals surface area contributed by atoms with E-state index < -0.39 is 0 Å². The zero-order valence-electron chi connectivity index (χ0n) is 10.0. The van der Waals surface area contributed by atoms with Gasteiger partial charge < -0.3 is 4.42 Å². The summed E-state index contributed by atoms with van der Waals surface area (Å²) in [6, 6.07) is 14.7. The summed E-state index contributed by atoms with van der Waals surface area (Å²) in [6.07, 6.45) is 1.75. The van der Waals surface area contributed by atoms with Gasteiger partial charge in [-0.2, -0.15) is 0 Å². The van der Waals surface area contributed by atoms with Crippen molar-refractivity contribution in [3.05, 3.63) is 59.9 Å². The average Bonchev–Trinajstić information content (AvgIpc) is 2.80. The van der Waals surface area contributed by atoms with Crippen molar-refractivity contribution < 1.29 is 4.42 Å². The maximum atomic E-state index is 5.55. The molecule has 1 heterocycles. The second-order valence-electron chi connectivity index (χ2n) is 4.39. The molecule has 1 heteroatoms. The van der Waals surface area contributed by atoms with Crippen molar-refractivity contribution in [3.8, 4) is 11.1 Å². The number of benzene rings is 2. The minimum Gasteiger partial charge on any atom is -0.464 e. The summed E-state index contributed by atoms with van der Waals surface area (Å²) in [5.74, 6) is 0. The van der Waals surface area contributed by atoms with Crippen LogP contribution in [0.4, 0.5) is 0 Å². The number of rotatable bonds is 1. The van der Waals surface area contributed by atoms with Crippen LogP contribution < -0.4 is 0 Å². The molecule has 0 aliphatic heterocycles. The van der Waals surface area contributed by atoms with Crippen molar-refractivity contribution in [1.82, 2.24) is 0 Å². The third kappa shape index (κ3) is 1.55. The van der Waals surface area contributed by atoms with Crippen molar-refractivity contribution in [1.29, 1.82) is 0 Å². The summed E-state index contributed by atoms with van der Waals surface area (Å²) < 4.78 is 5.55. The third-order valence-electron chi connectivity index (χ3n) is 3.31. The Morgan fingerprint density at radius 3 is 2.47 bits per heavy atom. The molecule has 3 aromatic rings. The average molecular weight is 222 g/mol. The summed E-state index contributed by atoms with van der Waals surface area (Å²) in [7, 11) is 0. The second kappa shape index (κ2) is 3.77. The number of aryl methyl sites for hydroxylation is 2. The molecule has 0 saturated carbocycles. The van der Waals surface area contributed by atoms with Crippen molar-refractivity contribution >= 4 is 11.0 Å². The van der Waals surface area contributed by atoms with Crippen molar-refractivity contribution in [3.63, 3.8) is 0 Å². The van der Waals surface area contributed by atoms with E-state index in [9.17, 15) is 0 Å². The van der Waals surface area contributed by atoms with Crippen LogP contribution in [0.3, 0.4) is 0 Å². The largest absolute Gasteiger partial charge is 0.464 e. The Kier molecular flexibility index (Phi) is 2.25. The van der Waals surface area contributed by atoms with Crippen LogP contribution in [0.25, 0.3) is 22.1 Å². The van der Waals surface area contributed by atoms with Crippen LogP contribution in [0.15, 0.2) is 53.1 Å². The lowest BCUT2D eigenvalue weighted by Gasteiger charge is -2.09. The smallest absolute Gasteiger partial charge is 0.137 e. The fraction of sp³-hybridized carbons (Fsp3) is 0.125. The normalized spacial score (nSPS) is 10.9. The Balaban J connectivity index is 2.31. The van der Waals surface area contributed by atoms with Crippen LogP contribution in [0.1, 0.15) is 11.1 Å². The highest BCUT2D eigenvalue weighted by molar-refractivity contribution is 5.88. The summed E-state index contributed by atoms with van der Waals surface area (Å²) in [5, 5.41) is 1.17. The van der Waals surface area contributed by atoms with Crippen LogP contribution in [-0.2, 0) is 0 Å². The highest BCUT2D eigenvalue weighted by Gasteiger charge is 2.09. The molecule has 0 N–H and O–H groups in total. The molecule has 84 valence electrons. The topological polar surface area (TPSA) is 13.1 Å². The summed E-state index contributed by atoms with van der Waals surface area (Å²) in [5.41, 5.74) is 6.03. The first-order valence-corrected chi connectivity index (χ1v) is 5.80. The van der Waals surface area contributed by atoms with Crippen LogP contribution in [-0.4, -0.2) is 0 Å². The van der Waals surface area contributed by atoms with Gasteiger partial charge in [-0.3, -0.25) is 0 Å². The lowest BCUT2D eigenvalue weighted by molar-refractivity contribution is 0.613. The molecule has 0 saturated heterocycles. The molecule has 0 aliphatic rings. The molecule has 2 aromatic carbocycles. The maximum absolute atomic E-state index is 5.55. The van der Waals surface area contributed by atoms with Gasteiger partial charge in [-0.25, -0.2) is 0 Å². The molecule has 0 atom stereocenters. The van der Waals surface area contributed by atoms with Crippen molar-refractivity contribution in [2.24, 2.45) is 0 Å². The Labute approximate surface area is 101 Å². The van der Waals surface area contributed by atoms with Gasteiger partial charge in [0.15, 0.2) is 0 Å². The fourth-order valence-electron chi connectivity index (χ4n) is 2.34. The molecule has 0 aliphatic carbocycles. The number of hydrogen-bond donors (Lipinski definition) is 0. The third-order valence-corrected chi connectivity index (χ3v) is 3.31. The lowest BCUT2D eigenvalue weighted by Crippen LogP contribution is -1.86. The Morgan fingerprint density at radius 2 is 1.65 bits per heavy atom. The molecule has 0 amide bonds. The minimum absolute atomic E-state index is 0.991. The molecule has 0 spiro atoms. The van der Waals surface area contributed by atoms with Crippen LogP contribution in [0.2, 0.25) is 0 Å². The van der Waals surface area contributed by atoms with E-state index in [0.717, 1.165) is 5.58 Å². The van der Waals surface area contributed by atoms with Gasteiger partial charge in [-0.15, -0.1) is 0 Å². The molecule has 0 bridgehead atoms. The highest BCUT2D eigenvalue weighted by atomic mass is 16.3. The molecular weight excluding hydrogens is 208 g/mol. The standard InChI is InChI=1S/C16H14O/c1-11-5-3-4-6-14(11)15-8-7-13-9-10-17-16(13)12(15)2/h3-10H,1-2H3. The predicted molar refractivity (Wildman–Crippen MR) is 71.1 cm³/mol. The first-order chi connectivity index (χ1) is 8.27. The van der Waals surface area contributed by atoms with E-state index >= 15 is 0 Å².